The number of rotatable bonds is 4. The van der Waals surface area contributed by atoms with Gasteiger partial charge in [0.1, 0.15) is 17.6 Å². The molecule has 0 aromatic heterocycles. The Morgan fingerprint density at radius 3 is 3.10 bits per heavy atom. The predicted molar refractivity (Wildman–Crippen MR) is 82.3 cm³/mol. The summed E-state index contributed by atoms with van der Waals surface area (Å²) in [6.45, 7) is 2.44. The maximum absolute atomic E-state index is 9.09. The molecule has 4 nitrogen and oxygen atoms in total. The van der Waals surface area contributed by atoms with Crippen LogP contribution in [0.25, 0.3) is 0 Å². The van der Waals surface area contributed by atoms with E-state index in [0.717, 1.165) is 36.3 Å². The lowest BCUT2D eigenvalue weighted by atomic mass is 9.82. The number of nitrogens with zero attached hydrogens (tertiary/aromatic N) is 2. The second-order valence-electron chi connectivity index (χ2n) is 5.66. The molecule has 3 rings (SSSR count). The highest BCUT2D eigenvalue weighted by atomic mass is 16.5. The van der Waals surface area contributed by atoms with E-state index in [1.165, 1.54) is 11.1 Å². The van der Waals surface area contributed by atoms with Crippen LogP contribution in [-0.2, 0) is 4.74 Å². The Morgan fingerprint density at radius 1 is 1.57 bits per heavy atom. The number of nitrogens with two attached hydrogens (primary N) is 1. The molecule has 21 heavy (non-hydrogen) atoms. The minimum atomic E-state index is -0.0231. The number of hydrogen-bond donors (Lipinski definition) is 1. The van der Waals surface area contributed by atoms with Crippen LogP contribution in [0.3, 0.4) is 0 Å². The van der Waals surface area contributed by atoms with Crippen LogP contribution in [0.2, 0.25) is 0 Å². The average Bonchev–Trinajstić information content (AvgIpc) is 2.48. The van der Waals surface area contributed by atoms with E-state index in [4.69, 9.17) is 15.7 Å². The van der Waals surface area contributed by atoms with Gasteiger partial charge in [0.2, 0.25) is 0 Å². The first-order valence-electron chi connectivity index (χ1n) is 7.38. The Kier molecular flexibility index (Phi) is 3.76. The Balaban J connectivity index is 1.83. The van der Waals surface area contributed by atoms with Gasteiger partial charge >= 0.3 is 0 Å². The highest BCUT2D eigenvalue weighted by Crippen LogP contribution is 2.39. The van der Waals surface area contributed by atoms with Gasteiger partial charge in [0.25, 0.3) is 0 Å². The SMILES string of the molecule is CC(CN)OC1=CC(C2=CCCC(C#N)=C2)CC2=C1N=C2. The normalized spacial score (nSPS) is 25.0. The monoisotopic (exact) mass is 281 g/mol. The maximum atomic E-state index is 9.09. The van der Waals surface area contributed by atoms with Crippen LogP contribution in [-0.4, -0.2) is 18.9 Å². The molecule has 0 bridgehead atoms. The summed E-state index contributed by atoms with van der Waals surface area (Å²) in [4.78, 5) is 4.30. The van der Waals surface area contributed by atoms with E-state index in [1.54, 1.807) is 0 Å². The van der Waals surface area contributed by atoms with Crippen molar-refractivity contribution in [2.75, 3.05) is 6.54 Å². The summed E-state index contributed by atoms with van der Waals surface area (Å²) in [6.07, 6.45) is 11.0. The van der Waals surface area contributed by atoms with Crippen molar-refractivity contribution in [3.8, 4) is 6.07 Å². The summed E-state index contributed by atoms with van der Waals surface area (Å²) in [5.74, 6) is 1.10. The Hall–Kier alpha value is -2.12. The Labute approximate surface area is 125 Å². The smallest absolute Gasteiger partial charge is 0.142 e. The molecule has 0 saturated heterocycles. The molecule has 2 unspecified atom stereocenters. The predicted octanol–water partition coefficient (Wildman–Crippen LogP) is 2.76. The fraction of sp³-hybridized carbons (Fsp3) is 0.412. The first-order chi connectivity index (χ1) is 10.2. The molecule has 3 aliphatic rings. The molecule has 108 valence electrons. The number of hydrogen-bond acceptors (Lipinski definition) is 4. The molecule has 0 aromatic carbocycles. The Morgan fingerprint density at radius 2 is 2.43 bits per heavy atom. The van der Waals surface area contributed by atoms with Gasteiger partial charge in [-0.15, -0.1) is 0 Å². The van der Waals surface area contributed by atoms with Crippen LogP contribution in [0, 0.1) is 17.2 Å². The van der Waals surface area contributed by atoms with Crippen molar-refractivity contribution in [3.63, 3.8) is 0 Å². The van der Waals surface area contributed by atoms with E-state index in [0.29, 0.717) is 6.54 Å². The number of allylic oxidation sites excluding steroid dienone is 6. The van der Waals surface area contributed by atoms with Gasteiger partial charge in [0.05, 0.1) is 6.07 Å². The van der Waals surface area contributed by atoms with E-state index >= 15 is 0 Å². The van der Waals surface area contributed by atoms with Crippen molar-refractivity contribution in [2.24, 2.45) is 16.6 Å². The minimum absolute atomic E-state index is 0.0231. The zero-order valence-corrected chi connectivity index (χ0v) is 12.2. The van der Waals surface area contributed by atoms with Gasteiger partial charge < -0.3 is 10.5 Å². The zero-order chi connectivity index (χ0) is 14.8. The van der Waals surface area contributed by atoms with Crippen LogP contribution in [0.4, 0.5) is 0 Å². The minimum Gasteiger partial charge on any atom is -0.487 e. The standard InChI is InChI=1S/C17H19N3O/c1-11(8-18)21-16-7-14(6-15-10-20-17(15)16)13-4-2-3-12(5-13)9-19/h4-5,7,10-11,14H,2-3,6,8,18H2,1H3. The summed E-state index contributed by atoms with van der Waals surface area (Å²) in [5, 5.41) is 9.09. The van der Waals surface area contributed by atoms with Crippen LogP contribution < -0.4 is 5.73 Å². The topological polar surface area (TPSA) is 71.4 Å². The number of ether oxygens (including phenoxy) is 1. The van der Waals surface area contributed by atoms with Gasteiger partial charge in [-0.05, 0) is 43.9 Å². The molecule has 0 amide bonds. The maximum Gasteiger partial charge on any atom is 0.142 e. The van der Waals surface area contributed by atoms with Gasteiger partial charge in [-0.25, -0.2) is 0 Å². The van der Waals surface area contributed by atoms with E-state index in [2.05, 4.69) is 23.2 Å². The van der Waals surface area contributed by atoms with Crippen molar-refractivity contribution in [2.45, 2.75) is 32.3 Å². The van der Waals surface area contributed by atoms with Gasteiger partial charge in [-0.2, -0.15) is 5.26 Å². The summed E-state index contributed by atoms with van der Waals surface area (Å²) in [6, 6.07) is 2.27. The lowest BCUT2D eigenvalue weighted by Crippen LogP contribution is -2.24. The zero-order valence-electron chi connectivity index (χ0n) is 12.2. The van der Waals surface area contributed by atoms with E-state index < -0.39 is 0 Å². The molecule has 4 heteroatoms. The first-order valence-corrected chi connectivity index (χ1v) is 7.38. The molecule has 0 spiro atoms. The lowest BCUT2D eigenvalue weighted by molar-refractivity contribution is 0.141. The fourth-order valence-corrected chi connectivity index (χ4v) is 2.80. The quantitative estimate of drug-likeness (QED) is 0.861. The molecule has 0 aromatic rings. The lowest BCUT2D eigenvalue weighted by Gasteiger charge is -2.30. The molecule has 0 fully saturated rings. The molecule has 1 heterocycles. The summed E-state index contributed by atoms with van der Waals surface area (Å²) in [7, 11) is 0. The van der Waals surface area contributed by atoms with Crippen LogP contribution in [0.5, 0.6) is 0 Å². The van der Waals surface area contributed by atoms with Crippen LogP contribution >= 0.6 is 0 Å². The van der Waals surface area contributed by atoms with Crippen molar-refractivity contribution in [1.29, 1.82) is 5.26 Å². The van der Waals surface area contributed by atoms with Crippen molar-refractivity contribution in [3.05, 3.63) is 46.4 Å². The molecule has 0 radical (unpaired) electrons. The summed E-state index contributed by atoms with van der Waals surface area (Å²) in [5.41, 5.74) is 9.91. The molecule has 2 N–H and O–H groups in total. The van der Waals surface area contributed by atoms with E-state index in [1.807, 2.05) is 19.2 Å². The van der Waals surface area contributed by atoms with E-state index in [9.17, 15) is 0 Å². The highest BCUT2D eigenvalue weighted by Gasteiger charge is 2.29. The third-order valence-electron chi connectivity index (χ3n) is 4.05. The van der Waals surface area contributed by atoms with Gasteiger partial charge in [-0.3, -0.25) is 4.99 Å². The average molecular weight is 281 g/mol. The fourth-order valence-electron chi connectivity index (χ4n) is 2.80. The number of aliphatic imine (C=N–C) groups is 1. The second kappa shape index (κ2) is 5.71. The molecule has 1 aliphatic heterocycles. The molecular weight excluding hydrogens is 262 g/mol. The molecule has 0 saturated carbocycles. The highest BCUT2D eigenvalue weighted by molar-refractivity contribution is 5.89. The van der Waals surface area contributed by atoms with Crippen LogP contribution in [0.15, 0.2) is 51.4 Å². The van der Waals surface area contributed by atoms with Crippen molar-refractivity contribution >= 4 is 6.21 Å². The molecular formula is C17H19N3O. The summed E-state index contributed by atoms with van der Waals surface area (Å²) < 4.78 is 5.90. The van der Waals surface area contributed by atoms with Gasteiger partial charge in [0.15, 0.2) is 0 Å². The molecule has 2 atom stereocenters. The van der Waals surface area contributed by atoms with Crippen molar-refractivity contribution in [1.82, 2.24) is 0 Å². The molecule has 2 aliphatic carbocycles. The number of nitriles is 1. The van der Waals surface area contributed by atoms with Crippen molar-refractivity contribution < 1.29 is 4.74 Å². The third-order valence-corrected chi connectivity index (χ3v) is 4.05. The van der Waals surface area contributed by atoms with Gasteiger partial charge in [0, 0.05) is 29.8 Å². The third kappa shape index (κ3) is 2.70. The summed E-state index contributed by atoms with van der Waals surface area (Å²) >= 11 is 0. The van der Waals surface area contributed by atoms with Gasteiger partial charge in [-0.1, -0.05) is 6.08 Å². The first kappa shape index (κ1) is 13.8. The van der Waals surface area contributed by atoms with Crippen LogP contribution in [0.1, 0.15) is 26.2 Å². The largest absolute Gasteiger partial charge is 0.487 e. The Bertz CT molecular complexity index is 643. The second-order valence-corrected chi connectivity index (χ2v) is 5.66. The van der Waals surface area contributed by atoms with E-state index in [-0.39, 0.29) is 12.0 Å².